The van der Waals surface area contributed by atoms with Crippen molar-refractivity contribution >= 4 is 71.7 Å². The van der Waals surface area contributed by atoms with Crippen LogP contribution < -0.4 is 0 Å². The number of benzene rings is 9. The van der Waals surface area contributed by atoms with Crippen molar-refractivity contribution in [2.45, 2.75) is 16.7 Å². The van der Waals surface area contributed by atoms with Gasteiger partial charge in [-0.25, -0.2) is 0 Å². The Hall–Kier alpha value is -5.63. The summed E-state index contributed by atoms with van der Waals surface area (Å²) in [5.41, 5.74) is 7.54. The van der Waals surface area contributed by atoms with Gasteiger partial charge >= 0.3 is 0 Å². The van der Waals surface area contributed by atoms with Crippen LogP contribution in [-0.4, -0.2) is 0 Å². The lowest BCUT2D eigenvalue weighted by atomic mass is 9.85. The Morgan fingerprint density at radius 1 is 0.458 bits per heavy atom. The lowest BCUT2D eigenvalue weighted by Gasteiger charge is -2.18. The van der Waals surface area contributed by atoms with E-state index in [1.165, 1.54) is 97.0 Å². The fourth-order valence-electron chi connectivity index (χ4n) is 7.57. The lowest BCUT2D eigenvalue weighted by molar-refractivity contribution is 1.33. The summed E-state index contributed by atoms with van der Waals surface area (Å²) in [5.74, 6) is 0. The maximum absolute atomic E-state index is 4.10. The standard InChI is InChI=1S/C47H32S/c1-3-31-13-10-14-33-20-21-34-25-28-43(30(2)44(34)45(31)33)48-38-26-23-35(24-27-38)46-39-15-6-8-17-41(39)47(42-18-9-7-16-40(42)46)37-22-19-32-11-4-5-12-36(32)29-37/h3-29H,1H2,2H3. The minimum atomic E-state index is 1.18. The molecular weight excluding hydrogens is 597 g/mol. The van der Waals surface area contributed by atoms with Crippen LogP contribution in [0.25, 0.3) is 82.2 Å². The van der Waals surface area contributed by atoms with Crippen LogP contribution in [-0.2, 0) is 0 Å². The Kier molecular flexibility index (Phi) is 6.88. The van der Waals surface area contributed by atoms with Crippen LogP contribution in [0.4, 0.5) is 0 Å². The number of hydrogen-bond donors (Lipinski definition) is 0. The molecule has 0 aliphatic rings. The van der Waals surface area contributed by atoms with E-state index in [9.17, 15) is 0 Å². The van der Waals surface area contributed by atoms with Crippen LogP contribution in [0.15, 0.2) is 174 Å². The third-order valence-corrected chi connectivity index (χ3v) is 11.0. The van der Waals surface area contributed by atoms with E-state index in [2.05, 4.69) is 171 Å². The van der Waals surface area contributed by atoms with E-state index in [0.717, 1.165) is 0 Å². The average molecular weight is 629 g/mol. The van der Waals surface area contributed by atoms with E-state index in [1.54, 1.807) is 0 Å². The molecule has 0 heterocycles. The highest BCUT2D eigenvalue weighted by Crippen LogP contribution is 2.45. The maximum atomic E-state index is 4.10. The molecule has 0 bridgehead atoms. The number of fused-ring (bicyclic) bond motifs is 6. The van der Waals surface area contributed by atoms with Gasteiger partial charge in [0.15, 0.2) is 0 Å². The minimum absolute atomic E-state index is 1.18. The third kappa shape index (κ3) is 4.62. The van der Waals surface area contributed by atoms with Crippen molar-refractivity contribution in [3.8, 4) is 22.3 Å². The number of hydrogen-bond acceptors (Lipinski definition) is 1. The Morgan fingerprint density at radius 3 is 1.65 bits per heavy atom. The monoisotopic (exact) mass is 628 g/mol. The van der Waals surface area contributed by atoms with Gasteiger partial charge in [-0.05, 0) is 118 Å². The molecule has 0 saturated carbocycles. The summed E-state index contributed by atoms with van der Waals surface area (Å²) in [4.78, 5) is 2.50. The Bertz CT molecular complexity index is 2660. The highest BCUT2D eigenvalue weighted by molar-refractivity contribution is 7.99. The topological polar surface area (TPSA) is 0 Å². The molecule has 9 rings (SSSR count). The van der Waals surface area contributed by atoms with Crippen molar-refractivity contribution < 1.29 is 0 Å². The molecule has 0 aromatic heterocycles. The van der Waals surface area contributed by atoms with Gasteiger partial charge in [-0.15, -0.1) is 0 Å². The molecule has 0 radical (unpaired) electrons. The SMILES string of the molecule is C=Cc1cccc2ccc3ccc(Sc4ccc(-c5c6ccccc6c(-c6ccc7ccccc7c6)c6ccccc56)cc4)c(C)c3c12. The quantitative estimate of drug-likeness (QED) is 0.135. The molecule has 0 spiro atoms. The first-order chi connectivity index (χ1) is 23.7. The van der Waals surface area contributed by atoms with Gasteiger partial charge in [0.05, 0.1) is 0 Å². The third-order valence-electron chi connectivity index (χ3n) is 9.83. The van der Waals surface area contributed by atoms with Gasteiger partial charge in [-0.2, -0.15) is 0 Å². The second-order valence-corrected chi connectivity index (χ2v) is 13.6. The Labute approximate surface area is 285 Å². The molecule has 9 aromatic rings. The van der Waals surface area contributed by atoms with Crippen LogP contribution in [0.5, 0.6) is 0 Å². The summed E-state index contributed by atoms with van der Waals surface area (Å²) in [6.07, 6.45) is 1.97. The van der Waals surface area contributed by atoms with E-state index < -0.39 is 0 Å². The van der Waals surface area contributed by atoms with Gasteiger partial charge in [0.25, 0.3) is 0 Å². The first-order valence-corrected chi connectivity index (χ1v) is 17.3. The van der Waals surface area contributed by atoms with Gasteiger partial charge in [0, 0.05) is 9.79 Å². The van der Waals surface area contributed by atoms with Crippen LogP contribution >= 0.6 is 11.8 Å². The smallest absolute Gasteiger partial charge is 0.0158 e. The maximum Gasteiger partial charge on any atom is 0.0158 e. The first kappa shape index (κ1) is 28.6. The fourth-order valence-corrected chi connectivity index (χ4v) is 8.49. The predicted octanol–water partition coefficient (Wildman–Crippen LogP) is 13.9. The van der Waals surface area contributed by atoms with E-state index >= 15 is 0 Å². The second kappa shape index (κ2) is 11.6. The first-order valence-electron chi connectivity index (χ1n) is 16.5. The van der Waals surface area contributed by atoms with Crippen molar-refractivity contribution in [1.29, 1.82) is 0 Å². The minimum Gasteiger partial charge on any atom is -0.0984 e. The summed E-state index contributed by atoms with van der Waals surface area (Å²) >= 11 is 1.84. The molecule has 0 N–H and O–H groups in total. The van der Waals surface area contributed by atoms with E-state index in [0.29, 0.717) is 0 Å². The molecule has 9 aromatic carbocycles. The lowest BCUT2D eigenvalue weighted by Crippen LogP contribution is -1.91. The van der Waals surface area contributed by atoms with Crippen molar-refractivity contribution in [2.24, 2.45) is 0 Å². The summed E-state index contributed by atoms with van der Waals surface area (Å²) in [5, 5.41) is 12.7. The molecule has 1 heteroatoms. The van der Waals surface area contributed by atoms with Crippen LogP contribution in [0.3, 0.4) is 0 Å². The molecule has 0 fully saturated rings. The molecule has 0 atom stereocenters. The largest absolute Gasteiger partial charge is 0.0984 e. The summed E-state index contributed by atoms with van der Waals surface area (Å²) in [6.45, 7) is 6.36. The zero-order chi connectivity index (χ0) is 32.2. The van der Waals surface area contributed by atoms with Gasteiger partial charge in [-0.3, -0.25) is 0 Å². The molecule has 0 saturated heterocycles. The molecule has 226 valence electrons. The van der Waals surface area contributed by atoms with Crippen LogP contribution in [0.2, 0.25) is 0 Å². The van der Waals surface area contributed by atoms with Crippen LogP contribution in [0.1, 0.15) is 11.1 Å². The highest BCUT2D eigenvalue weighted by atomic mass is 32.2. The summed E-state index contributed by atoms with van der Waals surface area (Å²) < 4.78 is 0. The normalized spacial score (nSPS) is 11.6. The molecule has 0 aliphatic carbocycles. The van der Waals surface area contributed by atoms with Gasteiger partial charge in [-0.1, -0.05) is 158 Å². The fraction of sp³-hybridized carbons (Fsp3) is 0.0213. The van der Waals surface area contributed by atoms with Crippen molar-refractivity contribution in [1.82, 2.24) is 0 Å². The van der Waals surface area contributed by atoms with Gasteiger partial charge in [0.2, 0.25) is 0 Å². The molecular formula is C47H32S. The van der Waals surface area contributed by atoms with E-state index in [4.69, 9.17) is 0 Å². The van der Waals surface area contributed by atoms with Gasteiger partial charge < -0.3 is 0 Å². The number of rotatable bonds is 5. The molecule has 48 heavy (non-hydrogen) atoms. The van der Waals surface area contributed by atoms with Crippen molar-refractivity contribution in [3.05, 3.63) is 175 Å². The zero-order valence-electron chi connectivity index (χ0n) is 26.7. The zero-order valence-corrected chi connectivity index (χ0v) is 27.5. The van der Waals surface area contributed by atoms with Crippen molar-refractivity contribution in [2.75, 3.05) is 0 Å². The molecule has 0 nitrogen and oxygen atoms in total. The molecule has 0 amide bonds. The Balaban J connectivity index is 1.16. The molecule has 0 aliphatic heterocycles. The summed E-state index contributed by atoms with van der Waals surface area (Å²) in [7, 11) is 0. The number of aryl methyl sites for hydroxylation is 1. The second-order valence-electron chi connectivity index (χ2n) is 12.5. The average Bonchev–Trinajstić information content (AvgIpc) is 3.14. The van der Waals surface area contributed by atoms with Crippen molar-refractivity contribution in [3.63, 3.8) is 0 Å². The molecule has 0 unspecified atom stereocenters. The highest BCUT2D eigenvalue weighted by Gasteiger charge is 2.17. The predicted molar refractivity (Wildman–Crippen MR) is 210 cm³/mol. The van der Waals surface area contributed by atoms with E-state index in [1.807, 2.05) is 17.8 Å². The van der Waals surface area contributed by atoms with Gasteiger partial charge in [0.1, 0.15) is 0 Å². The Morgan fingerprint density at radius 2 is 0.979 bits per heavy atom. The summed E-state index contributed by atoms with van der Waals surface area (Å²) in [6, 6.07) is 57.9. The van der Waals surface area contributed by atoms with Crippen LogP contribution in [0, 0.1) is 6.92 Å². The van der Waals surface area contributed by atoms with E-state index in [-0.39, 0.29) is 0 Å².